The number of carbonyl (C=O) groups is 2. The van der Waals surface area contributed by atoms with Crippen molar-refractivity contribution in [2.75, 3.05) is 13.1 Å². The number of piperidine rings is 1. The number of likely N-dealkylation sites (tertiary alicyclic amines) is 1. The van der Waals surface area contributed by atoms with Crippen LogP contribution in [0.15, 0.2) is 0 Å². The van der Waals surface area contributed by atoms with Crippen LogP contribution in [-0.4, -0.2) is 45.0 Å². The van der Waals surface area contributed by atoms with Crippen LogP contribution < -0.4 is 5.73 Å². The van der Waals surface area contributed by atoms with E-state index in [0.29, 0.717) is 38.2 Å². The fourth-order valence-electron chi connectivity index (χ4n) is 2.06. The topological polar surface area (TPSA) is 105 Å². The molecule has 0 spiro atoms. The Hall–Kier alpha value is -1.92. The maximum absolute atomic E-state index is 12.1. The number of nitrogens with two attached hydrogens (primary N) is 1. The van der Waals surface area contributed by atoms with E-state index in [0.717, 1.165) is 0 Å². The van der Waals surface area contributed by atoms with Crippen molar-refractivity contribution in [2.45, 2.75) is 26.2 Å². The predicted octanol–water partition coefficient (Wildman–Crippen LogP) is -0.295. The maximum atomic E-state index is 12.1. The van der Waals surface area contributed by atoms with Crippen LogP contribution in [0.5, 0.6) is 0 Å². The van der Waals surface area contributed by atoms with E-state index in [4.69, 9.17) is 5.73 Å². The quantitative estimate of drug-likeness (QED) is 0.769. The Morgan fingerprint density at radius 2 is 2.11 bits per heavy atom. The minimum absolute atomic E-state index is 0.118. The highest BCUT2D eigenvalue weighted by atomic mass is 16.2. The van der Waals surface area contributed by atoms with E-state index in [9.17, 15) is 9.59 Å². The molecule has 2 rings (SSSR count). The molecule has 0 bridgehead atoms. The molecule has 0 aromatic carbocycles. The third-order valence-electron chi connectivity index (χ3n) is 3.24. The minimum Gasteiger partial charge on any atom is -0.369 e. The van der Waals surface area contributed by atoms with Gasteiger partial charge >= 0.3 is 0 Å². The smallest absolute Gasteiger partial charge is 0.293 e. The first-order valence-corrected chi connectivity index (χ1v) is 6.11. The number of aromatic amines is 1. The van der Waals surface area contributed by atoms with Gasteiger partial charge in [0.1, 0.15) is 5.82 Å². The molecule has 0 saturated carbocycles. The van der Waals surface area contributed by atoms with Crippen LogP contribution in [0.4, 0.5) is 0 Å². The Morgan fingerprint density at radius 1 is 1.44 bits per heavy atom. The summed E-state index contributed by atoms with van der Waals surface area (Å²) in [5.41, 5.74) is 5.25. The molecule has 1 aliphatic rings. The van der Waals surface area contributed by atoms with Crippen LogP contribution in [-0.2, 0) is 11.2 Å². The van der Waals surface area contributed by atoms with Crippen LogP contribution in [0, 0.1) is 5.92 Å². The Kier molecular flexibility index (Phi) is 3.59. The zero-order valence-corrected chi connectivity index (χ0v) is 10.3. The summed E-state index contributed by atoms with van der Waals surface area (Å²) in [4.78, 5) is 28.9. The largest absolute Gasteiger partial charge is 0.369 e. The summed E-state index contributed by atoms with van der Waals surface area (Å²) in [7, 11) is 0. The molecule has 1 aromatic rings. The first-order chi connectivity index (χ1) is 8.61. The summed E-state index contributed by atoms with van der Waals surface area (Å²) in [5, 5.41) is 6.62. The van der Waals surface area contributed by atoms with E-state index in [-0.39, 0.29) is 23.6 Å². The summed E-state index contributed by atoms with van der Waals surface area (Å²) in [6.45, 7) is 3.00. The van der Waals surface area contributed by atoms with E-state index < -0.39 is 0 Å². The first kappa shape index (κ1) is 12.5. The molecular weight excluding hydrogens is 234 g/mol. The van der Waals surface area contributed by atoms with Gasteiger partial charge in [0.15, 0.2) is 0 Å². The molecule has 0 unspecified atom stereocenters. The van der Waals surface area contributed by atoms with Crippen LogP contribution in [0.3, 0.4) is 0 Å². The van der Waals surface area contributed by atoms with Gasteiger partial charge in [-0.05, 0) is 12.8 Å². The molecule has 1 aromatic heterocycles. The Morgan fingerprint density at radius 3 is 2.61 bits per heavy atom. The molecule has 98 valence electrons. The average Bonchev–Trinajstić information content (AvgIpc) is 2.86. The summed E-state index contributed by atoms with van der Waals surface area (Å²) < 4.78 is 0. The highest BCUT2D eigenvalue weighted by molar-refractivity contribution is 5.90. The summed E-state index contributed by atoms with van der Waals surface area (Å²) in [6.07, 6.45) is 1.95. The summed E-state index contributed by atoms with van der Waals surface area (Å²) >= 11 is 0. The molecule has 1 saturated heterocycles. The molecule has 0 aliphatic carbocycles. The number of carbonyl (C=O) groups excluding carboxylic acids is 2. The van der Waals surface area contributed by atoms with E-state index in [2.05, 4.69) is 15.2 Å². The van der Waals surface area contributed by atoms with Gasteiger partial charge in [0, 0.05) is 25.4 Å². The van der Waals surface area contributed by atoms with Gasteiger partial charge < -0.3 is 10.6 Å². The third-order valence-corrected chi connectivity index (χ3v) is 3.24. The number of nitrogens with zero attached hydrogens (tertiary/aromatic N) is 3. The van der Waals surface area contributed by atoms with E-state index in [1.807, 2.05) is 6.92 Å². The normalized spacial score (nSPS) is 16.8. The monoisotopic (exact) mass is 251 g/mol. The van der Waals surface area contributed by atoms with Crippen molar-refractivity contribution in [3.8, 4) is 0 Å². The number of nitrogens with one attached hydrogen (secondary N) is 1. The van der Waals surface area contributed by atoms with Gasteiger partial charge in [0.25, 0.3) is 5.91 Å². The average molecular weight is 251 g/mol. The minimum atomic E-state index is -0.284. The zero-order valence-electron chi connectivity index (χ0n) is 10.3. The van der Waals surface area contributed by atoms with Crippen molar-refractivity contribution < 1.29 is 9.59 Å². The van der Waals surface area contributed by atoms with Gasteiger partial charge in [-0.2, -0.15) is 0 Å². The van der Waals surface area contributed by atoms with Crippen LogP contribution in [0.2, 0.25) is 0 Å². The Bertz CT molecular complexity index is 448. The highest BCUT2D eigenvalue weighted by Crippen LogP contribution is 2.17. The molecule has 0 atom stereocenters. The van der Waals surface area contributed by atoms with Gasteiger partial charge in [-0.25, -0.2) is 4.98 Å². The molecule has 1 aliphatic heterocycles. The molecule has 7 heteroatoms. The predicted molar refractivity (Wildman–Crippen MR) is 63.6 cm³/mol. The number of primary amides is 1. The van der Waals surface area contributed by atoms with E-state index in [1.54, 1.807) is 4.90 Å². The van der Waals surface area contributed by atoms with Crippen LogP contribution in [0.25, 0.3) is 0 Å². The first-order valence-electron chi connectivity index (χ1n) is 6.11. The molecule has 2 amide bonds. The molecule has 0 radical (unpaired) electrons. The molecule has 1 fully saturated rings. The van der Waals surface area contributed by atoms with Crippen molar-refractivity contribution >= 4 is 11.8 Å². The van der Waals surface area contributed by atoms with Gasteiger partial charge in [0.2, 0.25) is 11.7 Å². The Balaban J connectivity index is 1.97. The lowest BCUT2D eigenvalue weighted by atomic mass is 9.96. The second-order valence-electron chi connectivity index (χ2n) is 4.43. The molecule has 2 heterocycles. The number of rotatable bonds is 3. The molecular formula is C11H17N5O2. The zero-order chi connectivity index (χ0) is 13.1. The third kappa shape index (κ3) is 2.49. The number of aromatic nitrogens is 3. The fraction of sp³-hybridized carbons (Fsp3) is 0.636. The standard InChI is InChI=1S/C11H17N5O2/c1-2-8-13-10(15-14-8)11(18)16-5-3-7(4-6-16)9(12)17/h7H,2-6H2,1H3,(H2,12,17)(H,13,14,15). The van der Waals surface area contributed by atoms with E-state index >= 15 is 0 Å². The Labute approximate surface area is 105 Å². The number of aryl methyl sites for hydroxylation is 1. The van der Waals surface area contributed by atoms with Crippen LogP contribution >= 0.6 is 0 Å². The van der Waals surface area contributed by atoms with Crippen molar-refractivity contribution in [3.63, 3.8) is 0 Å². The fourth-order valence-corrected chi connectivity index (χ4v) is 2.06. The second kappa shape index (κ2) is 5.16. The molecule has 18 heavy (non-hydrogen) atoms. The van der Waals surface area contributed by atoms with Crippen LogP contribution in [0.1, 0.15) is 36.2 Å². The molecule has 7 nitrogen and oxygen atoms in total. The van der Waals surface area contributed by atoms with Crippen molar-refractivity contribution in [3.05, 3.63) is 11.6 Å². The number of hydrogen-bond acceptors (Lipinski definition) is 4. The van der Waals surface area contributed by atoms with Crippen molar-refractivity contribution in [1.29, 1.82) is 0 Å². The summed E-state index contributed by atoms with van der Waals surface area (Å²) in [6, 6.07) is 0. The number of hydrogen-bond donors (Lipinski definition) is 2. The lowest BCUT2D eigenvalue weighted by Gasteiger charge is -2.29. The van der Waals surface area contributed by atoms with E-state index in [1.165, 1.54) is 0 Å². The van der Waals surface area contributed by atoms with Gasteiger partial charge in [-0.15, -0.1) is 5.10 Å². The van der Waals surface area contributed by atoms with Crippen molar-refractivity contribution in [1.82, 2.24) is 20.1 Å². The van der Waals surface area contributed by atoms with Gasteiger partial charge in [0.05, 0.1) is 0 Å². The molecule has 3 N–H and O–H groups in total. The summed E-state index contributed by atoms with van der Waals surface area (Å²) in [5.74, 6) is 0.310. The van der Waals surface area contributed by atoms with Gasteiger partial charge in [-0.1, -0.05) is 6.92 Å². The number of amides is 2. The highest BCUT2D eigenvalue weighted by Gasteiger charge is 2.28. The number of H-pyrrole nitrogens is 1. The lowest BCUT2D eigenvalue weighted by molar-refractivity contribution is -0.123. The SMILES string of the molecule is CCc1nc(C(=O)N2CCC(C(N)=O)CC2)n[nH]1. The lowest BCUT2D eigenvalue weighted by Crippen LogP contribution is -2.42. The van der Waals surface area contributed by atoms with Gasteiger partial charge in [-0.3, -0.25) is 14.7 Å². The maximum Gasteiger partial charge on any atom is 0.293 e. The second-order valence-corrected chi connectivity index (χ2v) is 4.43. The van der Waals surface area contributed by atoms with Crippen molar-refractivity contribution in [2.24, 2.45) is 11.7 Å².